The van der Waals surface area contributed by atoms with Crippen LogP contribution in [0.3, 0.4) is 0 Å². The molecule has 1 saturated heterocycles. The number of furan rings is 1. The minimum Gasteiger partial charge on any atom is -0.459 e. The van der Waals surface area contributed by atoms with Crippen molar-refractivity contribution >= 4 is 22.2 Å². The van der Waals surface area contributed by atoms with Crippen LogP contribution < -0.4 is 10.2 Å². The number of amides is 1. The third kappa shape index (κ3) is 3.57. The minimum absolute atomic E-state index is 0.189. The van der Waals surface area contributed by atoms with E-state index < -0.39 is 0 Å². The number of carbonyl (C=O) groups excluding carboxylic acids is 1. The number of rotatable bonds is 5. The van der Waals surface area contributed by atoms with E-state index in [0.717, 1.165) is 5.00 Å². The molecule has 27 heavy (non-hydrogen) atoms. The summed E-state index contributed by atoms with van der Waals surface area (Å²) in [7, 11) is 0. The van der Waals surface area contributed by atoms with E-state index in [4.69, 9.17) is 4.42 Å². The number of nitrogens with one attached hydrogen (secondary N) is 2. The van der Waals surface area contributed by atoms with Crippen molar-refractivity contribution in [3.63, 3.8) is 0 Å². The zero-order valence-corrected chi connectivity index (χ0v) is 16.6. The molecule has 1 aliphatic rings. The highest BCUT2D eigenvalue weighted by molar-refractivity contribution is 7.16. The van der Waals surface area contributed by atoms with E-state index in [9.17, 15) is 4.79 Å². The molecule has 4 rings (SSSR count). The molecule has 2 aromatic heterocycles. The fourth-order valence-corrected chi connectivity index (χ4v) is 5.12. The van der Waals surface area contributed by atoms with Crippen molar-refractivity contribution < 1.29 is 14.1 Å². The predicted octanol–water partition coefficient (Wildman–Crippen LogP) is 3.98. The second-order valence-corrected chi connectivity index (χ2v) is 8.39. The Kier molecular flexibility index (Phi) is 5.14. The molecule has 1 atom stereocenters. The monoisotopic (exact) mass is 381 g/mol. The molecular formula is C22H25N2O2S+. The molecule has 4 nitrogen and oxygen atoms in total. The van der Waals surface area contributed by atoms with Crippen LogP contribution in [0.4, 0.5) is 5.00 Å². The maximum atomic E-state index is 12.6. The van der Waals surface area contributed by atoms with Crippen molar-refractivity contribution in [3.05, 3.63) is 76.1 Å². The number of aryl methyl sites for hydroxylation is 1. The molecule has 3 heterocycles. The van der Waals surface area contributed by atoms with Crippen molar-refractivity contribution in [2.45, 2.75) is 32.7 Å². The molecule has 0 spiro atoms. The van der Waals surface area contributed by atoms with E-state index in [1.807, 2.05) is 0 Å². The molecule has 1 aliphatic heterocycles. The molecule has 1 fully saturated rings. The number of benzene rings is 1. The molecular weight excluding hydrogens is 356 g/mol. The highest BCUT2D eigenvalue weighted by Gasteiger charge is 2.34. The first-order valence-electron chi connectivity index (χ1n) is 9.49. The Labute approximate surface area is 163 Å². The smallest absolute Gasteiger partial charge is 0.291 e. The molecule has 1 unspecified atom stereocenters. The zero-order chi connectivity index (χ0) is 18.8. The average molecular weight is 382 g/mol. The topological polar surface area (TPSA) is 46.7 Å². The van der Waals surface area contributed by atoms with Crippen LogP contribution in [0.5, 0.6) is 0 Å². The SMILES string of the molecule is Cc1sc(NC(=O)c2ccco2)c(C(c2ccccc2)[NH+]2CCCC2)c1C. The summed E-state index contributed by atoms with van der Waals surface area (Å²) in [4.78, 5) is 15.5. The van der Waals surface area contributed by atoms with E-state index in [1.54, 1.807) is 28.4 Å². The van der Waals surface area contributed by atoms with Crippen LogP contribution in [0.15, 0.2) is 53.1 Å². The van der Waals surface area contributed by atoms with Crippen LogP contribution in [0.1, 0.15) is 51.0 Å². The van der Waals surface area contributed by atoms with Gasteiger partial charge in [0.25, 0.3) is 5.91 Å². The van der Waals surface area contributed by atoms with Crippen molar-refractivity contribution in [1.29, 1.82) is 0 Å². The molecule has 3 aromatic rings. The lowest BCUT2D eigenvalue weighted by molar-refractivity contribution is -0.913. The van der Waals surface area contributed by atoms with Gasteiger partial charge in [-0.15, -0.1) is 11.3 Å². The summed E-state index contributed by atoms with van der Waals surface area (Å²) in [6.45, 7) is 6.64. The second-order valence-electron chi connectivity index (χ2n) is 7.17. The summed E-state index contributed by atoms with van der Waals surface area (Å²) < 4.78 is 5.28. The largest absolute Gasteiger partial charge is 0.459 e. The molecule has 1 amide bonds. The number of quaternary nitrogens is 1. The Morgan fingerprint density at radius 3 is 2.52 bits per heavy atom. The van der Waals surface area contributed by atoms with Crippen LogP contribution in [-0.2, 0) is 0 Å². The average Bonchev–Trinajstić information content (AvgIpc) is 3.42. The lowest BCUT2D eigenvalue weighted by atomic mass is 9.95. The van der Waals surface area contributed by atoms with Gasteiger partial charge in [-0.2, -0.15) is 0 Å². The van der Waals surface area contributed by atoms with Gasteiger partial charge in [0.1, 0.15) is 11.0 Å². The molecule has 0 bridgehead atoms. The van der Waals surface area contributed by atoms with Crippen LogP contribution in [0.2, 0.25) is 0 Å². The maximum absolute atomic E-state index is 12.6. The number of thiophene rings is 1. The summed E-state index contributed by atoms with van der Waals surface area (Å²) in [5.74, 6) is 0.153. The number of hydrogen-bond donors (Lipinski definition) is 2. The van der Waals surface area contributed by atoms with Gasteiger partial charge in [0.15, 0.2) is 5.76 Å². The lowest BCUT2D eigenvalue weighted by Gasteiger charge is -2.26. The normalized spacial score (nSPS) is 15.8. The quantitative estimate of drug-likeness (QED) is 0.702. The summed E-state index contributed by atoms with van der Waals surface area (Å²) in [6.07, 6.45) is 4.05. The minimum atomic E-state index is -0.189. The second kappa shape index (κ2) is 7.71. The molecule has 0 saturated carbocycles. The molecule has 0 aliphatic carbocycles. The Morgan fingerprint density at radius 1 is 1.11 bits per heavy atom. The van der Waals surface area contributed by atoms with E-state index in [2.05, 4.69) is 49.5 Å². The number of carbonyl (C=O) groups is 1. The summed E-state index contributed by atoms with van der Waals surface area (Å²) in [5, 5.41) is 4.06. The molecule has 2 N–H and O–H groups in total. The van der Waals surface area contributed by atoms with Gasteiger partial charge in [-0.25, -0.2) is 0 Å². The van der Waals surface area contributed by atoms with Gasteiger partial charge < -0.3 is 14.6 Å². The Bertz CT molecular complexity index is 909. The third-order valence-electron chi connectivity index (χ3n) is 5.48. The van der Waals surface area contributed by atoms with Gasteiger partial charge in [0.05, 0.1) is 24.9 Å². The molecule has 5 heteroatoms. The van der Waals surface area contributed by atoms with E-state index in [0.29, 0.717) is 5.76 Å². The van der Waals surface area contributed by atoms with Gasteiger partial charge in [0.2, 0.25) is 0 Å². The van der Waals surface area contributed by atoms with Gasteiger partial charge in [0, 0.05) is 23.3 Å². The lowest BCUT2D eigenvalue weighted by Crippen LogP contribution is -3.10. The van der Waals surface area contributed by atoms with Crippen LogP contribution in [0.25, 0.3) is 0 Å². The van der Waals surface area contributed by atoms with Gasteiger partial charge >= 0.3 is 0 Å². The first-order chi connectivity index (χ1) is 13.1. The van der Waals surface area contributed by atoms with Crippen molar-refractivity contribution in [2.75, 3.05) is 18.4 Å². The van der Waals surface area contributed by atoms with Crippen LogP contribution >= 0.6 is 11.3 Å². The fraction of sp³-hybridized carbons (Fsp3) is 0.318. The summed E-state index contributed by atoms with van der Waals surface area (Å²) >= 11 is 1.66. The van der Waals surface area contributed by atoms with Crippen molar-refractivity contribution in [3.8, 4) is 0 Å². The van der Waals surface area contributed by atoms with Crippen LogP contribution in [0, 0.1) is 13.8 Å². The highest BCUT2D eigenvalue weighted by Crippen LogP contribution is 2.38. The predicted molar refractivity (Wildman–Crippen MR) is 109 cm³/mol. The zero-order valence-electron chi connectivity index (χ0n) is 15.7. The van der Waals surface area contributed by atoms with Gasteiger partial charge in [-0.05, 0) is 31.5 Å². The van der Waals surface area contributed by atoms with Gasteiger partial charge in [-0.3, -0.25) is 4.79 Å². The number of anilines is 1. The fourth-order valence-electron chi connectivity index (χ4n) is 4.03. The first-order valence-corrected chi connectivity index (χ1v) is 10.3. The summed E-state index contributed by atoms with van der Waals surface area (Å²) in [6, 6.07) is 14.4. The maximum Gasteiger partial charge on any atom is 0.291 e. The standard InChI is InChI=1S/C22H24N2O2S/c1-15-16(2)27-22(23-21(25)18-11-8-14-26-18)19(15)20(24-12-6-7-13-24)17-9-4-3-5-10-17/h3-5,8-11,14,20H,6-7,12-13H2,1-2H3,(H,23,25)/p+1. The Hall–Kier alpha value is -2.37. The number of likely N-dealkylation sites (tertiary alicyclic amines) is 1. The van der Waals surface area contributed by atoms with Crippen molar-refractivity contribution in [2.24, 2.45) is 0 Å². The van der Waals surface area contributed by atoms with Gasteiger partial charge in [-0.1, -0.05) is 30.3 Å². The first kappa shape index (κ1) is 18.0. The van der Waals surface area contributed by atoms with E-state index in [1.165, 1.54) is 53.8 Å². The molecule has 0 radical (unpaired) electrons. The number of hydrogen-bond acceptors (Lipinski definition) is 3. The Balaban J connectivity index is 1.76. The third-order valence-corrected chi connectivity index (χ3v) is 6.62. The van der Waals surface area contributed by atoms with Crippen LogP contribution in [-0.4, -0.2) is 19.0 Å². The van der Waals surface area contributed by atoms with E-state index in [-0.39, 0.29) is 11.9 Å². The Morgan fingerprint density at radius 2 is 1.85 bits per heavy atom. The van der Waals surface area contributed by atoms with E-state index >= 15 is 0 Å². The molecule has 1 aromatic carbocycles. The van der Waals surface area contributed by atoms with Crippen molar-refractivity contribution in [1.82, 2.24) is 0 Å². The highest BCUT2D eigenvalue weighted by atomic mass is 32.1. The summed E-state index contributed by atoms with van der Waals surface area (Å²) in [5.41, 5.74) is 3.84. The molecule has 140 valence electrons.